The number of unbranched alkanes of at least 4 members (excludes halogenated alkanes) is 2. The third kappa shape index (κ3) is 9.78. The van der Waals surface area contributed by atoms with Crippen molar-refractivity contribution in [2.75, 3.05) is 41.3 Å². The average Bonchev–Trinajstić information content (AvgIpc) is 3.03. The summed E-state index contributed by atoms with van der Waals surface area (Å²) in [7, 11) is 0. The predicted octanol–water partition coefficient (Wildman–Crippen LogP) is 4.91. The van der Waals surface area contributed by atoms with E-state index in [0.717, 1.165) is 36.8 Å². The molecule has 0 saturated carbocycles. The van der Waals surface area contributed by atoms with Gasteiger partial charge in [0.2, 0.25) is 23.7 Å². The Morgan fingerprint density at radius 3 is 2.08 bits per heavy atom. The van der Waals surface area contributed by atoms with E-state index in [9.17, 15) is 18.4 Å². The fourth-order valence-corrected chi connectivity index (χ4v) is 5.40. The first-order chi connectivity index (χ1) is 22.8. The predicted molar refractivity (Wildman–Crippen MR) is 184 cm³/mol. The number of hydrogen-bond acceptors (Lipinski definition) is 11. The highest BCUT2D eigenvalue weighted by molar-refractivity contribution is 5.91. The van der Waals surface area contributed by atoms with Crippen LogP contribution in [0.1, 0.15) is 73.1 Å². The van der Waals surface area contributed by atoms with Gasteiger partial charge in [-0.3, -0.25) is 14.6 Å². The third-order valence-corrected chi connectivity index (χ3v) is 8.07. The van der Waals surface area contributed by atoms with E-state index >= 15 is 0 Å². The van der Waals surface area contributed by atoms with Crippen LogP contribution < -0.4 is 32.3 Å². The van der Waals surface area contributed by atoms with Crippen LogP contribution in [0.5, 0.6) is 0 Å². The molecule has 2 amide bonds. The molecule has 48 heavy (non-hydrogen) atoms. The molecule has 0 aliphatic rings. The van der Waals surface area contributed by atoms with Crippen LogP contribution in [0.4, 0.5) is 32.3 Å². The summed E-state index contributed by atoms with van der Waals surface area (Å²) < 4.78 is 28.7. The van der Waals surface area contributed by atoms with Gasteiger partial charge >= 0.3 is 0 Å². The van der Waals surface area contributed by atoms with Gasteiger partial charge < -0.3 is 32.3 Å². The van der Waals surface area contributed by atoms with Crippen molar-refractivity contribution in [1.29, 1.82) is 0 Å². The average molecular weight is 666 g/mol. The summed E-state index contributed by atoms with van der Waals surface area (Å²) in [4.78, 5) is 45.4. The lowest BCUT2D eigenvalue weighted by Crippen LogP contribution is -2.46. The second-order valence-electron chi connectivity index (χ2n) is 12.7. The Hall–Kier alpha value is -4.95. The number of anilines is 4. The molecule has 0 aliphatic carbocycles. The number of carbonyl (C=O) groups excluding carboxylic acids is 2. The second-order valence-corrected chi connectivity index (χ2v) is 12.7. The highest BCUT2D eigenvalue weighted by atomic mass is 19.2. The summed E-state index contributed by atoms with van der Waals surface area (Å²) in [5, 5.41) is 17.0. The maximum absolute atomic E-state index is 14.4. The van der Waals surface area contributed by atoms with Gasteiger partial charge in [-0.25, -0.2) is 18.7 Å². The van der Waals surface area contributed by atoms with E-state index in [1.165, 1.54) is 13.8 Å². The first kappa shape index (κ1) is 35.9. The number of nitrogens with zero attached hydrogens (tertiary/aromatic N) is 5. The standard InChI is InChI=1S/C33H45F2N11O2/c1-6-7-11-32(4,18-39-20(2)47)46-29-23-15-24(34)25(35)16-26(23)42-31(44-29)38-13-9-8-12-33(5,19-40-21(3)48)45-28-22-10-14-37-17-27(22)41-30(36)43-28/h10,14-17H,6-9,11-13,18-19H2,1-5H3,(H,39,47)(H,40,48)(H3,36,41,43,45)(H2,38,42,44,46). The zero-order valence-corrected chi connectivity index (χ0v) is 28.1. The summed E-state index contributed by atoms with van der Waals surface area (Å²) in [6.45, 7) is 10.1. The highest BCUT2D eigenvalue weighted by Gasteiger charge is 2.27. The minimum Gasteiger partial charge on any atom is -0.368 e. The molecule has 0 saturated heterocycles. The topological polar surface area (TPSA) is 185 Å². The normalized spacial score (nSPS) is 13.8. The molecule has 15 heteroatoms. The van der Waals surface area contributed by atoms with Crippen molar-refractivity contribution in [2.45, 2.75) is 84.2 Å². The van der Waals surface area contributed by atoms with Crippen molar-refractivity contribution in [3.8, 4) is 0 Å². The molecule has 0 spiro atoms. The Morgan fingerprint density at radius 2 is 1.44 bits per heavy atom. The van der Waals surface area contributed by atoms with Gasteiger partial charge in [0.25, 0.3) is 0 Å². The number of pyridine rings is 1. The number of nitrogens with one attached hydrogen (secondary N) is 5. The molecule has 1 aromatic carbocycles. The van der Waals surface area contributed by atoms with E-state index in [1.54, 1.807) is 18.5 Å². The van der Waals surface area contributed by atoms with Gasteiger partial charge in [0.05, 0.1) is 28.3 Å². The lowest BCUT2D eigenvalue weighted by molar-refractivity contribution is -0.120. The number of carbonyl (C=O) groups is 2. The summed E-state index contributed by atoms with van der Waals surface area (Å²) in [6.07, 6.45) is 7.89. The van der Waals surface area contributed by atoms with Gasteiger partial charge in [0.1, 0.15) is 11.6 Å². The van der Waals surface area contributed by atoms with Gasteiger partial charge in [0.15, 0.2) is 11.6 Å². The molecular formula is C33H45F2N11O2. The minimum atomic E-state index is -1.01. The van der Waals surface area contributed by atoms with E-state index in [1.807, 2.05) is 13.8 Å². The molecule has 2 unspecified atom stereocenters. The zero-order valence-electron chi connectivity index (χ0n) is 28.1. The lowest BCUT2D eigenvalue weighted by Gasteiger charge is -2.32. The van der Waals surface area contributed by atoms with Gasteiger partial charge in [-0.1, -0.05) is 19.8 Å². The van der Waals surface area contributed by atoms with Crippen LogP contribution in [0, 0.1) is 11.6 Å². The van der Waals surface area contributed by atoms with E-state index in [2.05, 4.69) is 58.4 Å². The van der Waals surface area contributed by atoms with Crippen LogP contribution in [0.15, 0.2) is 30.6 Å². The number of rotatable bonds is 17. The quantitative estimate of drug-likeness (QED) is 0.0842. The zero-order chi connectivity index (χ0) is 34.9. The van der Waals surface area contributed by atoms with Gasteiger partial charge in [-0.05, 0) is 51.7 Å². The molecular weight excluding hydrogens is 620 g/mol. The number of nitrogen functional groups attached to an aromatic ring is 1. The largest absolute Gasteiger partial charge is 0.368 e. The van der Waals surface area contributed by atoms with Crippen molar-refractivity contribution in [1.82, 2.24) is 35.6 Å². The van der Waals surface area contributed by atoms with Gasteiger partial charge in [0, 0.05) is 56.5 Å². The van der Waals surface area contributed by atoms with Crippen molar-refractivity contribution in [3.05, 3.63) is 42.2 Å². The van der Waals surface area contributed by atoms with E-state index in [-0.39, 0.29) is 29.2 Å². The minimum absolute atomic E-state index is 0.108. The summed E-state index contributed by atoms with van der Waals surface area (Å²) >= 11 is 0. The number of benzene rings is 1. The molecule has 258 valence electrons. The monoisotopic (exact) mass is 665 g/mol. The number of halogens is 2. The smallest absolute Gasteiger partial charge is 0.225 e. The molecule has 3 aromatic heterocycles. The second kappa shape index (κ2) is 15.8. The number of hydrogen-bond donors (Lipinski definition) is 6. The van der Waals surface area contributed by atoms with Crippen molar-refractivity contribution >= 4 is 57.2 Å². The van der Waals surface area contributed by atoms with Crippen LogP contribution in [0.25, 0.3) is 21.8 Å². The molecule has 0 aliphatic heterocycles. The fourth-order valence-electron chi connectivity index (χ4n) is 5.40. The maximum atomic E-state index is 14.4. The number of nitrogens with two attached hydrogens (primary N) is 1. The Morgan fingerprint density at radius 1 is 0.812 bits per heavy atom. The Labute approximate surface area is 278 Å². The summed E-state index contributed by atoms with van der Waals surface area (Å²) in [5.74, 6) is -1.09. The third-order valence-electron chi connectivity index (χ3n) is 8.07. The van der Waals surface area contributed by atoms with E-state index in [0.29, 0.717) is 61.4 Å². The Balaban J connectivity index is 1.49. The van der Waals surface area contributed by atoms with Crippen LogP contribution in [0.3, 0.4) is 0 Å². The SMILES string of the molecule is CCCCC(C)(CNC(C)=O)Nc1nc(NCCCCC(C)(CNC(C)=O)Nc2nc(N)nc3cnccc23)nc2cc(F)c(F)cc12. The summed E-state index contributed by atoms with van der Waals surface area (Å²) in [5.41, 5.74) is 5.62. The summed E-state index contributed by atoms with van der Waals surface area (Å²) in [6, 6.07) is 3.95. The molecule has 2 atom stereocenters. The first-order valence-electron chi connectivity index (χ1n) is 16.1. The molecule has 7 N–H and O–H groups in total. The number of aromatic nitrogens is 5. The van der Waals surface area contributed by atoms with Crippen molar-refractivity contribution in [3.63, 3.8) is 0 Å². The fraction of sp³-hybridized carbons (Fsp3) is 0.485. The van der Waals surface area contributed by atoms with Crippen molar-refractivity contribution < 1.29 is 18.4 Å². The van der Waals surface area contributed by atoms with Crippen molar-refractivity contribution in [2.24, 2.45) is 0 Å². The molecule has 4 aromatic rings. The van der Waals surface area contributed by atoms with Crippen LogP contribution in [-0.4, -0.2) is 67.4 Å². The molecule has 4 rings (SSSR count). The number of fused-ring (bicyclic) bond motifs is 2. The molecule has 3 heterocycles. The lowest BCUT2D eigenvalue weighted by atomic mass is 9.94. The molecule has 0 bridgehead atoms. The molecule has 0 fully saturated rings. The Kier molecular flexibility index (Phi) is 11.8. The van der Waals surface area contributed by atoms with Crippen LogP contribution in [-0.2, 0) is 9.59 Å². The Bertz CT molecular complexity index is 1760. The van der Waals surface area contributed by atoms with E-state index in [4.69, 9.17) is 5.73 Å². The number of amides is 2. The van der Waals surface area contributed by atoms with Crippen LogP contribution in [0.2, 0.25) is 0 Å². The van der Waals surface area contributed by atoms with Gasteiger partial charge in [-0.2, -0.15) is 9.97 Å². The molecule has 13 nitrogen and oxygen atoms in total. The van der Waals surface area contributed by atoms with E-state index < -0.39 is 22.7 Å². The van der Waals surface area contributed by atoms with Crippen LogP contribution >= 0.6 is 0 Å². The first-order valence-corrected chi connectivity index (χ1v) is 16.1. The molecule has 0 radical (unpaired) electrons. The van der Waals surface area contributed by atoms with Gasteiger partial charge in [-0.15, -0.1) is 0 Å². The maximum Gasteiger partial charge on any atom is 0.225 e. The highest BCUT2D eigenvalue weighted by Crippen LogP contribution is 2.29.